The first-order chi connectivity index (χ1) is 19.1. The number of phenols is 1. The molecule has 39 heavy (non-hydrogen) atoms. The molecule has 0 bridgehead atoms. The maximum atomic E-state index is 11.1. The van der Waals surface area contributed by atoms with Gasteiger partial charge in [0.05, 0.1) is 20.5 Å². The zero-order valence-corrected chi connectivity index (χ0v) is 25.4. The van der Waals surface area contributed by atoms with Gasteiger partial charge in [-0.3, -0.25) is 9.80 Å². The van der Waals surface area contributed by atoms with Crippen LogP contribution in [0.5, 0.6) is 11.5 Å². The van der Waals surface area contributed by atoms with Gasteiger partial charge in [0.25, 0.3) is 0 Å². The molecule has 0 saturated carbocycles. The van der Waals surface area contributed by atoms with E-state index in [2.05, 4.69) is 58.1 Å². The molecule has 2 fully saturated rings. The van der Waals surface area contributed by atoms with Crippen LogP contribution < -0.4 is 4.74 Å². The Bertz CT molecular complexity index is 1010. The maximum absolute atomic E-state index is 11.1. The fourth-order valence-corrected chi connectivity index (χ4v) is 5.11. The molecule has 6 atom stereocenters. The van der Waals surface area contributed by atoms with Gasteiger partial charge in [-0.2, -0.15) is 0 Å². The number of aliphatic hydroxyl groups excluding tert-OH is 1. The summed E-state index contributed by atoms with van der Waals surface area (Å²) in [5.74, 6) is 1.17. The summed E-state index contributed by atoms with van der Waals surface area (Å²) >= 11 is 5.40. The Morgan fingerprint density at radius 3 is 2.38 bits per heavy atom. The number of hydrogen-bond acceptors (Lipinski definition) is 7. The highest BCUT2D eigenvalue weighted by Crippen LogP contribution is 2.47. The molecule has 216 valence electrons. The van der Waals surface area contributed by atoms with Crippen molar-refractivity contribution in [3.63, 3.8) is 0 Å². The van der Waals surface area contributed by atoms with Crippen molar-refractivity contribution in [2.75, 3.05) is 40.4 Å². The summed E-state index contributed by atoms with van der Waals surface area (Å²) in [6.07, 6.45) is 8.64. The summed E-state index contributed by atoms with van der Waals surface area (Å²) in [7, 11) is 8.57. The van der Waals surface area contributed by atoms with E-state index in [0.29, 0.717) is 31.0 Å². The lowest BCUT2D eigenvalue weighted by Gasteiger charge is -2.32. The number of rotatable bonds is 10. The first-order valence-corrected chi connectivity index (χ1v) is 14.5. The van der Waals surface area contributed by atoms with E-state index < -0.39 is 0 Å². The molecule has 4 unspecified atom stereocenters. The first kappa shape index (κ1) is 31.7. The lowest BCUT2D eigenvalue weighted by molar-refractivity contribution is 0.238. The second-order valence-corrected chi connectivity index (χ2v) is 11.4. The molecule has 8 heteroatoms. The third kappa shape index (κ3) is 10.6. The number of aliphatic hydroxyl groups is 1. The Kier molecular flexibility index (Phi) is 13.3. The molecule has 1 aromatic rings. The second kappa shape index (κ2) is 16.4. The highest BCUT2D eigenvalue weighted by molar-refractivity contribution is 7.79. The number of phenolic OH excluding ortho intramolecular Hbond substituents is 1. The molecular formula is C31H49BN2O4S. The van der Waals surface area contributed by atoms with Gasteiger partial charge in [0.1, 0.15) is 18.1 Å². The van der Waals surface area contributed by atoms with Crippen LogP contribution in [-0.4, -0.2) is 85.6 Å². The number of allylic oxidation sites excluding steroid dienone is 3. The SMILES string of the molecule is C=C(C)[C@@H]1CCC(C)=C[C@H]1c1c(O)cc(CCCCC)cc1OC(=S)OCC1CN1C.CN1CC1CO.[2H]C[B]. The molecule has 0 spiro atoms. The van der Waals surface area contributed by atoms with E-state index in [0.717, 1.165) is 68.3 Å². The lowest BCUT2D eigenvalue weighted by Crippen LogP contribution is -2.20. The quantitative estimate of drug-likeness (QED) is 0.127. The van der Waals surface area contributed by atoms with Gasteiger partial charge in [0.2, 0.25) is 0 Å². The van der Waals surface area contributed by atoms with Gasteiger partial charge in [-0.1, -0.05) is 50.4 Å². The van der Waals surface area contributed by atoms with E-state index in [-0.39, 0.29) is 29.6 Å². The van der Waals surface area contributed by atoms with Crippen molar-refractivity contribution in [3.05, 3.63) is 47.1 Å². The molecule has 1 aromatic carbocycles. The van der Waals surface area contributed by atoms with E-state index in [9.17, 15) is 5.11 Å². The average molecular weight is 558 g/mol. The molecule has 2 saturated heterocycles. The van der Waals surface area contributed by atoms with Crippen LogP contribution in [-0.2, 0) is 11.2 Å². The molecule has 2 N–H and O–H groups in total. The summed E-state index contributed by atoms with van der Waals surface area (Å²) < 4.78 is 17.8. The average Bonchev–Trinajstić information content (AvgIpc) is 3.80. The summed E-state index contributed by atoms with van der Waals surface area (Å²) in [5.41, 5.74) is 4.32. The van der Waals surface area contributed by atoms with Gasteiger partial charge in [-0.15, -0.1) is 0 Å². The van der Waals surface area contributed by atoms with Crippen molar-refractivity contribution in [2.24, 2.45) is 5.92 Å². The second-order valence-electron chi connectivity index (χ2n) is 11.0. The van der Waals surface area contributed by atoms with E-state index in [1.54, 1.807) is 0 Å². The highest BCUT2D eigenvalue weighted by atomic mass is 32.1. The van der Waals surface area contributed by atoms with Crippen LogP contribution in [0.2, 0.25) is 6.80 Å². The van der Waals surface area contributed by atoms with Crippen molar-refractivity contribution in [2.45, 2.75) is 84.1 Å². The third-order valence-corrected chi connectivity index (χ3v) is 7.94. The third-order valence-electron chi connectivity index (χ3n) is 7.74. The molecule has 4 rings (SSSR count). The van der Waals surface area contributed by atoms with Gasteiger partial charge >= 0.3 is 5.24 Å². The normalized spacial score (nSPS) is 26.9. The van der Waals surface area contributed by atoms with Crippen LogP contribution in [0.4, 0.5) is 0 Å². The Labute approximate surface area is 244 Å². The van der Waals surface area contributed by atoms with Gasteiger partial charge in [-0.05, 0) is 77.2 Å². The van der Waals surface area contributed by atoms with Crippen LogP contribution in [0.3, 0.4) is 0 Å². The number of nitrogens with zero attached hydrogens (tertiary/aromatic N) is 2. The summed E-state index contributed by atoms with van der Waals surface area (Å²) in [6.45, 7) is 13.6. The van der Waals surface area contributed by atoms with E-state index in [1.807, 2.05) is 19.2 Å². The summed E-state index contributed by atoms with van der Waals surface area (Å²) in [6, 6.07) is 4.84. The molecule has 3 aliphatic rings. The smallest absolute Gasteiger partial charge is 0.357 e. The maximum Gasteiger partial charge on any atom is 0.357 e. The number of aryl methyl sites for hydroxylation is 1. The number of likely N-dealkylation sites (N-methyl/N-ethyl adjacent to an activating group) is 2. The zero-order chi connectivity index (χ0) is 29.8. The molecule has 0 aromatic heterocycles. The van der Waals surface area contributed by atoms with Crippen molar-refractivity contribution in [3.8, 4) is 11.5 Å². The molecule has 1 aliphatic carbocycles. The molecule has 2 heterocycles. The van der Waals surface area contributed by atoms with Crippen LogP contribution in [0.25, 0.3) is 0 Å². The van der Waals surface area contributed by atoms with Crippen LogP contribution in [0.1, 0.15) is 71.3 Å². The van der Waals surface area contributed by atoms with Crippen molar-refractivity contribution < 1.29 is 21.1 Å². The van der Waals surface area contributed by atoms with Crippen LogP contribution in [0.15, 0.2) is 35.9 Å². The number of ether oxygens (including phenoxy) is 2. The minimum atomic E-state index is 0. The van der Waals surface area contributed by atoms with Gasteiger partial charge in [0.15, 0.2) is 0 Å². The molecule has 0 amide bonds. The van der Waals surface area contributed by atoms with E-state index >= 15 is 0 Å². The monoisotopic (exact) mass is 557 g/mol. The van der Waals surface area contributed by atoms with Crippen molar-refractivity contribution in [1.29, 1.82) is 0 Å². The zero-order valence-electron chi connectivity index (χ0n) is 25.6. The van der Waals surface area contributed by atoms with Gasteiger partial charge in [0, 0.05) is 44.2 Å². The van der Waals surface area contributed by atoms with Crippen molar-refractivity contribution in [1.82, 2.24) is 9.80 Å². The fourth-order valence-electron chi connectivity index (χ4n) is 4.95. The molecule has 2 aliphatic heterocycles. The summed E-state index contributed by atoms with van der Waals surface area (Å²) in [4.78, 5) is 4.29. The van der Waals surface area contributed by atoms with Crippen molar-refractivity contribution >= 4 is 25.3 Å². The minimum absolute atomic E-state index is 0. The minimum Gasteiger partial charge on any atom is -0.507 e. The van der Waals surface area contributed by atoms with E-state index in [1.165, 1.54) is 5.57 Å². The van der Waals surface area contributed by atoms with Crippen LogP contribution >= 0.6 is 12.2 Å². The van der Waals surface area contributed by atoms with Gasteiger partial charge < -0.3 is 19.7 Å². The standard InChI is InChI=1S/C26H37NO3S.C4H9NO.CH3B/c1-6-7-8-9-19-13-23(28)25(22-12-18(4)10-11-21(22)17(2)3)24(14-19)30-26(31)29-16-20-15-27(20)5;1-5-2-4(5)3-6;1-2/h12-14,20-22,28H,2,6-11,15-16H2,1,3-5H3;4,6H,2-3H2,1H3;1H3/t20?,21-,22+,27?;;/m0../s1/i;;1D. The lowest BCUT2D eigenvalue weighted by atomic mass is 9.73. The number of thiocarbonyl (C=S) groups is 1. The van der Waals surface area contributed by atoms with E-state index in [4.69, 9.17) is 28.2 Å². The predicted octanol–water partition coefficient (Wildman–Crippen LogP) is 5.63. The Balaban J connectivity index is 0.000000533. The number of aromatic hydroxyl groups is 1. The largest absolute Gasteiger partial charge is 0.507 e. The Morgan fingerprint density at radius 1 is 1.23 bits per heavy atom. The topological polar surface area (TPSA) is 64.9 Å². The highest BCUT2D eigenvalue weighted by Gasteiger charge is 2.33. The summed E-state index contributed by atoms with van der Waals surface area (Å²) in [5, 5.41) is 19.6. The first-order valence-electron chi connectivity index (χ1n) is 14.8. The number of benzene rings is 1. The molecule has 2 radical (unpaired) electrons. The molecular weight excluding hydrogens is 507 g/mol. The Morgan fingerprint density at radius 2 is 1.87 bits per heavy atom. The molecule has 6 nitrogen and oxygen atoms in total. The number of unbranched alkanes of at least 4 members (excludes halogenated alkanes) is 2. The Hall–Kier alpha value is -1.87. The fraction of sp³-hybridized carbons (Fsp3) is 0.645. The van der Waals surface area contributed by atoms with Gasteiger partial charge in [-0.25, -0.2) is 0 Å². The predicted molar refractivity (Wildman–Crippen MR) is 166 cm³/mol. The number of hydrogen-bond donors (Lipinski definition) is 2. The van der Waals surface area contributed by atoms with Crippen LogP contribution in [0, 0.1) is 5.92 Å².